The van der Waals surface area contributed by atoms with E-state index in [1.807, 2.05) is 31.2 Å². The average Bonchev–Trinajstić information content (AvgIpc) is 3.22. The van der Waals surface area contributed by atoms with Gasteiger partial charge in [-0.05, 0) is 48.2 Å². The number of aryl methyl sites for hydroxylation is 1. The molecular formula is C19H18N4O2S2. The molecule has 0 aliphatic carbocycles. The lowest BCUT2D eigenvalue weighted by molar-refractivity contribution is 0.607. The Bertz CT molecular complexity index is 1190. The summed E-state index contributed by atoms with van der Waals surface area (Å²) in [7, 11) is -3.29. The minimum absolute atomic E-state index is 0.536. The standard InChI is InChI=1S/C19H18N4O2S2/c1-12-9-14(23-27(2,24)25)7-8-15(12)20-19-11-16(21-22-19)18-10-13-5-3-4-6-17(13)26-18/h3-11,23H,1-2H3,(H2,20,21,22). The molecule has 4 rings (SSSR count). The van der Waals surface area contributed by atoms with Crippen LogP contribution in [0.15, 0.2) is 54.6 Å². The van der Waals surface area contributed by atoms with E-state index >= 15 is 0 Å². The van der Waals surface area contributed by atoms with Gasteiger partial charge in [0, 0.05) is 22.1 Å². The monoisotopic (exact) mass is 398 g/mol. The first-order valence-electron chi connectivity index (χ1n) is 8.27. The molecule has 0 fully saturated rings. The maximum absolute atomic E-state index is 11.4. The SMILES string of the molecule is Cc1cc(NS(C)(=O)=O)ccc1Nc1cc(-c2cc3ccccc3s2)[nH]n1. The first-order chi connectivity index (χ1) is 12.9. The topological polar surface area (TPSA) is 86.9 Å². The number of hydrogen-bond donors (Lipinski definition) is 3. The summed E-state index contributed by atoms with van der Waals surface area (Å²) in [6, 6.07) is 17.7. The van der Waals surface area contributed by atoms with E-state index in [9.17, 15) is 8.42 Å². The Morgan fingerprint density at radius 3 is 2.63 bits per heavy atom. The largest absolute Gasteiger partial charge is 0.339 e. The number of thiophene rings is 1. The molecule has 6 nitrogen and oxygen atoms in total. The Hall–Kier alpha value is -2.84. The molecule has 8 heteroatoms. The van der Waals surface area contributed by atoms with Gasteiger partial charge < -0.3 is 5.32 Å². The van der Waals surface area contributed by atoms with Crippen molar-refractivity contribution in [3.63, 3.8) is 0 Å². The molecule has 0 bridgehead atoms. The summed E-state index contributed by atoms with van der Waals surface area (Å²) in [5.41, 5.74) is 3.26. The molecule has 138 valence electrons. The van der Waals surface area contributed by atoms with Crippen LogP contribution in [0.5, 0.6) is 0 Å². The fourth-order valence-electron chi connectivity index (χ4n) is 2.85. The maximum Gasteiger partial charge on any atom is 0.229 e. The molecular weight excluding hydrogens is 380 g/mol. The zero-order valence-corrected chi connectivity index (χ0v) is 16.4. The van der Waals surface area contributed by atoms with Crippen LogP contribution in [0.3, 0.4) is 0 Å². The van der Waals surface area contributed by atoms with Crippen LogP contribution in [0.4, 0.5) is 17.2 Å². The molecule has 0 saturated carbocycles. The Labute approximate surface area is 161 Å². The third kappa shape index (κ3) is 3.96. The summed E-state index contributed by atoms with van der Waals surface area (Å²) in [6.07, 6.45) is 1.13. The van der Waals surface area contributed by atoms with E-state index in [0.29, 0.717) is 11.5 Å². The molecule has 2 aromatic carbocycles. The number of rotatable bonds is 5. The van der Waals surface area contributed by atoms with E-state index in [2.05, 4.69) is 38.4 Å². The Balaban J connectivity index is 1.55. The number of H-pyrrole nitrogens is 1. The fourth-order valence-corrected chi connectivity index (χ4v) is 4.43. The lowest BCUT2D eigenvalue weighted by Gasteiger charge is -2.10. The van der Waals surface area contributed by atoms with Crippen molar-refractivity contribution in [1.82, 2.24) is 10.2 Å². The summed E-state index contributed by atoms with van der Waals surface area (Å²) in [5.74, 6) is 0.703. The fraction of sp³-hybridized carbons (Fsp3) is 0.105. The van der Waals surface area contributed by atoms with E-state index in [0.717, 1.165) is 28.1 Å². The van der Waals surface area contributed by atoms with Crippen LogP contribution >= 0.6 is 11.3 Å². The van der Waals surface area contributed by atoms with E-state index in [1.165, 1.54) is 10.1 Å². The van der Waals surface area contributed by atoms with Crippen molar-refractivity contribution < 1.29 is 8.42 Å². The molecule has 27 heavy (non-hydrogen) atoms. The Kier molecular flexibility index (Phi) is 4.37. The summed E-state index contributed by atoms with van der Waals surface area (Å²) in [6.45, 7) is 1.91. The second-order valence-corrected chi connectivity index (χ2v) is 9.18. The lowest BCUT2D eigenvalue weighted by atomic mass is 10.2. The Morgan fingerprint density at radius 1 is 1.07 bits per heavy atom. The number of hydrogen-bond acceptors (Lipinski definition) is 5. The number of fused-ring (bicyclic) bond motifs is 1. The average molecular weight is 399 g/mol. The minimum Gasteiger partial charge on any atom is -0.339 e. The highest BCUT2D eigenvalue weighted by Crippen LogP contribution is 2.33. The molecule has 0 radical (unpaired) electrons. The smallest absolute Gasteiger partial charge is 0.229 e. The van der Waals surface area contributed by atoms with Crippen LogP contribution in [-0.2, 0) is 10.0 Å². The molecule has 0 amide bonds. The number of aromatic amines is 1. The van der Waals surface area contributed by atoms with Gasteiger partial charge in [0.05, 0.1) is 16.8 Å². The van der Waals surface area contributed by atoms with Crippen LogP contribution < -0.4 is 10.0 Å². The summed E-state index contributed by atoms with van der Waals surface area (Å²) >= 11 is 1.72. The normalized spacial score (nSPS) is 11.6. The van der Waals surface area contributed by atoms with Gasteiger partial charge in [0.25, 0.3) is 0 Å². The van der Waals surface area contributed by atoms with Crippen molar-refractivity contribution >= 4 is 48.6 Å². The zero-order chi connectivity index (χ0) is 19.0. The van der Waals surface area contributed by atoms with Crippen molar-refractivity contribution in [3.8, 4) is 10.6 Å². The van der Waals surface area contributed by atoms with Crippen molar-refractivity contribution in [3.05, 3.63) is 60.2 Å². The van der Waals surface area contributed by atoms with Gasteiger partial charge in [0.1, 0.15) is 0 Å². The molecule has 0 unspecified atom stereocenters. The van der Waals surface area contributed by atoms with E-state index in [4.69, 9.17) is 0 Å². The van der Waals surface area contributed by atoms with Gasteiger partial charge in [-0.25, -0.2) is 8.42 Å². The van der Waals surface area contributed by atoms with Crippen LogP contribution in [0.25, 0.3) is 20.7 Å². The highest BCUT2D eigenvalue weighted by atomic mass is 32.2. The summed E-state index contributed by atoms with van der Waals surface area (Å²) in [4.78, 5) is 1.13. The quantitative estimate of drug-likeness (QED) is 0.454. The first-order valence-corrected chi connectivity index (χ1v) is 11.0. The molecule has 2 heterocycles. The third-order valence-corrected chi connectivity index (χ3v) is 5.82. The number of nitrogens with one attached hydrogen (secondary N) is 3. The van der Waals surface area contributed by atoms with Crippen LogP contribution in [-0.4, -0.2) is 24.9 Å². The zero-order valence-electron chi connectivity index (χ0n) is 14.8. The number of sulfonamides is 1. The van der Waals surface area contributed by atoms with Crippen molar-refractivity contribution in [1.29, 1.82) is 0 Å². The molecule has 0 atom stereocenters. The van der Waals surface area contributed by atoms with Gasteiger partial charge >= 0.3 is 0 Å². The van der Waals surface area contributed by atoms with Crippen LogP contribution in [0, 0.1) is 6.92 Å². The van der Waals surface area contributed by atoms with Crippen LogP contribution in [0.2, 0.25) is 0 Å². The van der Waals surface area contributed by atoms with E-state index in [1.54, 1.807) is 23.5 Å². The summed E-state index contributed by atoms with van der Waals surface area (Å²) in [5, 5.41) is 11.9. The molecule has 4 aromatic rings. The Morgan fingerprint density at radius 2 is 1.89 bits per heavy atom. The van der Waals surface area contributed by atoms with Gasteiger partial charge in [0.2, 0.25) is 10.0 Å². The lowest BCUT2D eigenvalue weighted by Crippen LogP contribution is -2.09. The van der Waals surface area contributed by atoms with E-state index in [-0.39, 0.29) is 0 Å². The number of aromatic nitrogens is 2. The van der Waals surface area contributed by atoms with Crippen molar-refractivity contribution in [2.75, 3.05) is 16.3 Å². The molecule has 0 aliphatic heterocycles. The second-order valence-electron chi connectivity index (χ2n) is 6.34. The molecule has 3 N–H and O–H groups in total. The molecule has 0 saturated heterocycles. The second kappa shape index (κ2) is 6.71. The number of anilines is 3. The molecule has 2 aromatic heterocycles. The molecule has 0 spiro atoms. The van der Waals surface area contributed by atoms with Gasteiger partial charge in [0.15, 0.2) is 5.82 Å². The summed E-state index contributed by atoms with van der Waals surface area (Å²) < 4.78 is 26.4. The first kappa shape index (κ1) is 17.6. The highest BCUT2D eigenvalue weighted by molar-refractivity contribution is 7.92. The highest BCUT2D eigenvalue weighted by Gasteiger charge is 2.09. The third-order valence-electron chi connectivity index (χ3n) is 4.06. The van der Waals surface area contributed by atoms with Crippen molar-refractivity contribution in [2.24, 2.45) is 0 Å². The van der Waals surface area contributed by atoms with Crippen molar-refractivity contribution in [2.45, 2.75) is 6.92 Å². The van der Waals surface area contributed by atoms with E-state index < -0.39 is 10.0 Å². The number of nitrogens with zero attached hydrogens (tertiary/aromatic N) is 1. The minimum atomic E-state index is -3.29. The maximum atomic E-state index is 11.4. The van der Waals surface area contributed by atoms with Gasteiger partial charge in [-0.3, -0.25) is 9.82 Å². The van der Waals surface area contributed by atoms with Gasteiger partial charge in [-0.2, -0.15) is 5.10 Å². The predicted octanol–water partition coefficient (Wildman–Crippen LogP) is 4.71. The number of benzene rings is 2. The predicted molar refractivity (Wildman–Crippen MR) is 112 cm³/mol. The van der Waals surface area contributed by atoms with Crippen LogP contribution in [0.1, 0.15) is 5.56 Å². The van der Waals surface area contributed by atoms with Gasteiger partial charge in [-0.1, -0.05) is 18.2 Å². The molecule has 0 aliphatic rings. The van der Waals surface area contributed by atoms with Gasteiger partial charge in [-0.15, -0.1) is 11.3 Å².